The highest BCUT2D eigenvalue weighted by molar-refractivity contribution is 5.99. The smallest absolute Gasteiger partial charge is 0.434 e. The number of ether oxygens (including phenoxy) is 1. The molecule has 2 heterocycles. The van der Waals surface area contributed by atoms with Gasteiger partial charge in [0.2, 0.25) is 0 Å². The highest BCUT2D eigenvalue weighted by Crippen LogP contribution is 2.30. The van der Waals surface area contributed by atoms with E-state index in [2.05, 4.69) is 34.0 Å². The number of nitrogens with zero attached hydrogens (tertiary/aromatic N) is 4. The molecule has 1 aliphatic rings. The van der Waals surface area contributed by atoms with E-state index in [-0.39, 0.29) is 5.82 Å². The quantitative estimate of drug-likeness (QED) is 0.595. The molecule has 0 N–H and O–H groups in total. The van der Waals surface area contributed by atoms with E-state index in [0.29, 0.717) is 6.54 Å². The van der Waals surface area contributed by atoms with Gasteiger partial charge in [-0.3, -0.25) is 0 Å². The Morgan fingerprint density at radius 3 is 2.63 bits per heavy atom. The van der Waals surface area contributed by atoms with E-state index in [1.165, 1.54) is 12.1 Å². The van der Waals surface area contributed by atoms with Crippen LogP contribution in [0, 0.1) is 12.7 Å². The molecule has 1 aromatic heterocycles. The third-order valence-electron chi connectivity index (χ3n) is 4.98. The largest absolute Gasteiger partial charge is 0.442 e. The van der Waals surface area contributed by atoms with E-state index in [1.54, 1.807) is 12.1 Å². The Morgan fingerprint density at radius 1 is 1.20 bits per heavy atom. The Kier molecular flexibility index (Phi) is 5.05. The molecule has 0 saturated carbocycles. The van der Waals surface area contributed by atoms with Crippen LogP contribution in [0.3, 0.4) is 0 Å². The van der Waals surface area contributed by atoms with Gasteiger partial charge >= 0.3 is 6.09 Å². The SMILES string of the molecule is Cc1cc2c(cnn2-c2ccc(F)cc2)cc1N1CCC(=NC(=O)OC(C)(C)C)C1. The van der Waals surface area contributed by atoms with Crippen molar-refractivity contribution in [2.45, 2.75) is 39.7 Å². The molecule has 156 valence electrons. The zero-order chi connectivity index (χ0) is 21.5. The van der Waals surface area contributed by atoms with Crippen LogP contribution in [0.1, 0.15) is 32.8 Å². The second-order valence-electron chi connectivity index (χ2n) is 8.56. The number of aryl methyl sites for hydroxylation is 1. The number of carbonyl (C=O) groups is 1. The summed E-state index contributed by atoms with van der Waals surface area (Å²) in [5.74, 6) is -0.272. The number of hydrogen-bond acceptors (Lipinski definition) is 4. The lowest BCUT2D eigenvalue weighted by Gasteiger charge is -2.20. The summed E-state index contributed by atoms with van der Waals surface area (Å²) in [5, 5.41) is 5.48. The minimum Gasteiger partial charge on any atom is -0.442 e. The molecule has 1 saturated heterocycles. The van der Waals surface area contributed by atoms with E-state index in [1.807, 2.05) is 31.6 Å². The lowest BCUT2D eigenvalue weighted by molar-refractivity contribution is 0.0604. The number of aliphatic imine (C=N–C) groups is 1. The molecule has 6 nitrogen and oxygen atoms in total. The predicted octanol–water partition coefficient (Wildman–Crippen LogP) is 5.06. The first-order valence-electron chi connectivity index (χ1n) is 9.98. The maximum atomic E-state index is 13.2. The summed E-state index contributed by atoms with van der Waals surface area (Å²) in [4.78, 5) is 18.4. The number of rotatable bonds is 2. The molecule has 0 spiro atoms. The predicted molar refractivity (Wildman–Crippen MR) is 116 cm³/mol. The molecular weight excluding hydrogens is 383 g/mol. The van der Waals surface area contributed by atoms with Gasteiger partial charge in [0.25, 0.3) is 0 Å². The summed E-state index contributed by atoms with van der Waals surface area (Å²) < 4.78 is 20.4. The summed E-state index contributed by atoms with van der Waals surface area (Å²) in [7, 11) is 0. The molecule has 0 atom stereocenters. The Bertz CT molecular complexity index is 1130. The van der Waals surface area contributed by atoms with Crippen LogP contribution in [0.4, 0.5) is 14.9 Å². The molecule has 1 aliphatic heterocycles. The van der Waals surface area contributed by atoms with Crippen LogP contribution in [-0.4, -0.2) is 40.3 Å². The topological polar surface area (TPSA) is 59.7 Å². The zero-order valence-corrected chi connectivity index (χ0v) is 17.6. The summed E-state index contributed by atoms with van der Waals surface area (Å²) in [6, 6.07) is 10.5. The average molecular weight is 408 g/mol. The van der Waals surface area contributed by atoms with Crippen LogP contribution in [-0.2, 0) is 4.74 Å². The lowest BCUT2D eigenvalue weighted by Crippen LogP contribution is -2.24. The van der Waals surface area contributed by atoms with Crippen LogP contribution < -0.4 is 4.90 Å². The standard InChI is InChI=1S/C23H25FN4O2/c1-15-11-21-16(13-25-28(21)19-7-5-17(24)6-8-19)12-20(15)27-10-9-18(14-27)26-22(29)30-23(2,3)4/h5-8,11-13H,9-10,14H2,1-4H3. The second-order valence-corrected chi connectivity index (χ2v) is 8.56. The van der Waals surface area contributed by atoms with Gasteiger partial charge in [-0.05, 0) is 69.7 Å². The number of halogens is 1. The van der Waals surface area contributed by atoms with Gasteiger partial charge in [-0.1, -0.05) is 0 Å². The zero-order valence-electron chi connectivity index (χ0n) is 17.6. The summed E-state index contributed by atoms with van der Waals surface area (Å²) in [5.41, 5.74) is 4.24. The fourth-order valence-electron chi connectivity index (χ4n) is 3.65. The van der Waals surface area contributed by atoms with Gasteiger partial charge in [-0.25, -0.2) is 13.9 Å². The number of amides is 1. The van der Waals surface area contributed by atoms with Crippen LogP contribution in [0.25, 0.3) is 16.6 Å². The minimum atomic E-state index is -0.550. The highest BCUT2D eigenvalue weighted by Gasteiger charge is 2.23. The molecule has 1 amide bonds. The van der Waals surface area contributed by atoms with Crippen LogP contribution in [0.15, 0.2) is 47.6 Å². The maximum Gasteiger partial charge on any atom is 0.434 e. The van der Waals surface area contributed by atoms with Gasteiger partial charge in [-0.2, -0.15) is 10.1 Å². The number of anilines is 1. The van der Waals surface area contributed by atoms with Crippen molar-refractivity contribution in [3.8, 4) is 5.69 Å². The van der Waals surface area contributed by atoms with Gasteiger partial charge in [0.15, 0.2) is 0 Å². The second kappa shape index (κ2) is 7.55. The fourth-order valence-corrected chi connectivity index (χ4v) is 3.65. The molecule has 30 heavy (non-hydrogen) atoms. The molecule has 0 bridgehead atoms. The number of fused-ring (bicyclic) bond motifs is 1. The molecule has 2 aromatic carbocycles. The van der Waals surface area contributed by atoms with Crippen molar-refractivity contribution in [1.82, 2.24) is 9.78 Å². The Morgan fingerprint density at radius 2 is 1.93 bits per heavy atom. The Hall–Kier alpha value is -3.22. The molecule has 7 heteroatoms. The monoisotopic (exact) mass is 408 g/mol. The first-order chi connectivity index (χ1) is 14.2. The van der Waals surface area contributed by atoms with Gasteiger partial charge in [0.05, 0.1) is 23.9 Å². The molecule has 0 radical (unpaired) electrons. The number of carbonyl (C=O) groups excluding carboxylic acids is 1. The van der Waals surface area contributed by atoms with Crippen molar-refractivity contribution in [1.29, 1.82) is 0 Å². The van der Waals surface area contributed by atoms with Crippen molar-refractivity contribution in [3.05, 3.63) is 54.0 Å². The third-order valence-corrected chi connectivity index (χ3v) is 4.98. The first-order valence-corrected chi connectivity index (χ1v) is 9.98. The first kappa shape index (κ1) is 20.1. The van der Waals surface area contributed by atoms with E-state index < -0.39 is 11.7 Å². The highest BCUT2D eigenvalue weighted by atomic mass is 19.1. The van der Waals surface area contributed by atoms with Crippen LogP contribution >= 0.6 is 0 Å². The summed E-state index contributed by atoms with van der Waals surface area (Å²) >= 11 is 0. The average Bonchev–Trinajstić information content (AvgIpc) is 3.27. The number of benzene rings is 2. The van der Waals surface area contributed by atoms with E-state index in [4.69, 9.17) is 4.74 Å². The molecule has 3 aromatic rings. The van der Waals surface area contributed by atoms with Gasteiger partial charge in [-0.15, -0.1) is 0 Å². The molecule has 0 unspecified atom stereocenters. The fraction of sp³-hybridized carbons (Fsp3) is 0.348. The van der Waals surface area contributed by atoms with Crippen molar-refractivity contribution in [3.63, 3.8) is 0 Å². The van der Waals surface area contributed by atoms with Crippen molar-refractivity contribution in [2.75, 3.05) is 18.0 Å². The summed E-state index contributed by atoms with van der Waals surface area (Å²) in [6.07, 6.45) is 2.01. The van der Waals surface area contributed by atoms with Gasteiger partial charge < -0.3 is 9.64 Å². The maximum absolute atomic E-state index is 13.2. The Balaban J connectivity index is 1.58. The van der Waals surface area contributed by atoms with Crippen LogP contribution in [0.5, 0.6) is 0 Å². The van der Waals surface area contributed by atoms with E-state index in [9.17, 15) is 9.18 Å². The van der Waals surface area contributed by atoms with Crippen molar-refractivity contribution >= 4 is 28.4 Å². The van der Waals surface area contributed by atoms with Crippen molar-refractivity contribution in [2.24, 2.45) is 4.99 Å². The van der Waals surface area contributed by atoms with E-state index in [0.717, 1.165) is 46.5 Å². The van der Waals surface area contributed by atoms with Crippen molar-refractivity contribution < 1.29 is 13.9 Å². The van der Waals surface area contributed by atoms with Gasteiger partial charge in [0, 0.05) is 29.8 Å². The van der Waals surface area contributed by atoms with E-state index >= 15 is 0 Å². The third kappa shape index (κ3) is 4.20. The van der Waals surface area contributed by atoms with Crippen LogP contribution in [0.2, 0.25) is 0 Å². The molecular formula is C23H25FN4O2. The Labute approximate surface area is 175 Å². The lowest BCUT2D eigenvalue weighted by atomic mass is 10.1. The molecule has 1 fully saturated rings. The number of aromatic nitrogens is 2. The molecule has 4 rings (SSSR count). The minimum absolute atomic E-state index is 0.272. The summed E-state index contributed by atoms with van der Waals surface area (Å²) in [6.45, 7) is 8.93. The van der Waals surface area contributed by atoms with Gasteiger partial charge in [0.1, 0.15) is 11.4 Å². The molecule has 0 aliphatic carbocycles. The normalized spacial score (nSPS) is 15.9. The number of hydrogen-bond donors (Lipinski definition) is 0.